The summed E-state index contributed by atoms with van der Waals surface area (Å²) in [5.41, 5.74) is 6.26. The van der Waals surface area contributed by atoms with Crippen molar-refractivity contribution >= 4 is 75.5 Å². The molecule has 1 heterocycles. The molecule has 0 unspecified atom stereocenters. The highest BCUT2D eigenvalue weighted by atomic mass is 32.2. The minimum Gasteiger partial charge on any atom is -0.480 e. The normalized spacial score (nSPS) is 14.4. The zero-order chi connectivity index (χ0) is 27.2. The molecule has 5 rings (SSSR count). The molecule has 0 atom stereocenters. The van der Waals surface area contributed by atoms with Crippen molar-refractivity contribution in [3.8, 4) is 0 Å². The summed E-state index contributed by atoms with van der Waals surface area (Å²) in [6.07, 6.45) is 5.92. The van der Waals surface area contributed by atoms with Crippen LogP contribution in [0, 0.1) is 0 Å². The fourth-order valence-corrected chi connectivity index (χ4v) is 5.39. The Morgan fingerprint density at radius 2 is 1.21 bits per heavy atom. The predicted molar refractivity (Wildman–Crippen MR) is 164 cm³/mol. The van der Waals surface area contributed by atoms with Crippen molar-refractivity contribution in [1.82, 2.24) is 4.90 Å². The topological polar surface area (TPSA) is 60.9 Å². The van der Waals surface area contributed by atoms with Crippen LogP contribution in [-0.4, -0.2) is 32.7 Å². The van der Waals surface area contributed by atoms with Gasteiger partial charge in [-0.15, -0.1) is 0 Å². The van der Waals surface area contributed by atoms with Crippen LogP contribution in [0.2, 0.25) is 0 Å². The van der Waals surface area contributed by atoms with Gasteiger partial charge >= 0.3 is 5.97 Å². The van der Waals surface area contributed by atoms with Crippen molar-refractivity contribution in [1.29, 1.82) is 0 Å². The van der Waals surface area contributed by atoms with E-state index in [1.54, 1.807) is 0 Å². The summed E-state index contributed by atoms with van der Waals surface area (Å²) in [7, 11) is 0. The van der Waals surface area contributed by atoms with Gasteiger partial charge in [0.1, 0.15) is 11.5 Å². The average Bonchev–Trinajstić information content (AvgIpc) is 3.21. The number of para-hydroxylation sites is 2. The lowest BCUT2D eigenvalue weighted by molar-refractivity contribution is -0.136. The van der Waals surface area contributed by atoms with Gasteiger partial charge in [-0.2, -0.15) is 0 Å². The first-order chi connectivity index (χ1) is 19.0. The van der Waals surface area contributed by atoms with E-state index in [9.17, 15) is 9.59 Å². The lowest BCUT2D eigenvalue weighted by Gasteiger charge is -2.25. The summed E-state index contributed by atoms with van der Waals surface area (Å²) < 4.78 is 0. The number of carboxylic acid groups (broad SMARTS) is 1. The number of aliphatic carboxylic acids is 1. The van der Waals surface area contributed by atoms with Gasteiger partial charge in [-0.05, 0) is 70.9 Å². The Morgan fingerprint density at radius 3 is 1.72 bits per heavy atom. The molecule has 0 aliphatic carbocycles. The Bertz CT molecular complexity index is 1510. The summed E-state index contributed by atoms with van der Waals surface area (Å²) in [5, 5.41) is 8.62. The molecule has 192 valence electrons. The molecule has 0 spiro atoms. The molecule has 0 radical (unpaired) electrons. The van der Waals surface area contributed by atoms with Crippen LogP contribution >= 0.6 is 24.0 Å². The summed E-state index contributed by atoms with van der Waals surface area (Å²) in [5.74, 6) is -1.09. The highest BCUT2D eigenvalue weighted by Gasteiger charge is 2.32. The number of hydrogen-bond acceptors (Lipinski definition) is 5. The monoisotopic (exact) mass is 548 g/mol. The molecule has 0 saturated carbocycles. The van der Waals surface area contributed by atoms with Gasteiger partial charge in [0, 0.05) is 17.1 Å². The van der Waals surface area contributed by atoms with Crippen LogP contribution in [-0.2, 0) is 4.79 Å². The molecule has 1 amide bonds. The van der Waals surface area contributed by atoms with Crippen LogP contribution in [0.25, 0.3) is 18.2 Å². The van der Waals surface area contributed by atoms with Gasteiger partial charge in [-0.3, -0.25) is 14.5 Å². The van der Waals surface area contributed by atoms with Crippen molar-refractivity contribution in [2.75, 3.05) is 11.4 Å². The number of benzene rings is 4. The third kappa shape index (κ3) is 6.34. The fourth-order valence-electron chi connectivity index (χ4n) is 4.15. The molecule has 1 fully saturated rings. The fraction of sp³-hybridized carbons (Fsp3) is 0.0312. The number of carboxylic acids is 1. The molecule has 0 bridgehead atoms. The third-order valence-corrected chi connectivity index (χ3v) is 7.55. The van der Waals surface area contributed by atoms with Gasteiger partial charge in [-0.25, -0.2) is 0 Å². The Balaban J connectivity index is 1.29. The number of nitrogens with zero attached hydrogens (tertiary/aromatic N) is 2. The molecule has 4 aromatic carbocycles. The maximum Gasteiger partial charge on any atom is 0.323 e. The first-order valence-electron chi connectivity index (χ1n) is 12.2. The highest BCUT2D eigenvalue weighted by Crippen LogP contribution is 2.35. The number of amides is 1. The maximum absolute atomic E-state index is 12.1. The molecular formula is C32H24N2O3S2. The molecule has 1 aliphatic heterocycles. The maximum atomic E-state index is 12.1. The number of thioether (sulfide) groups is 1. The van der Waals surface area contributed by atoms with E-state index in [0.29, 0.717) is 4.91 Å². The Labute approximate surface area is 236 Å². The number of carbonyl (C=O) groups excluding carboxylic acids is 1. The van der Waals surface area contributed by atoms with Gasteiger partial charge in [-0.1, -0.05) is 97.2 Å². The Hall–Kier alpha value is -4.46. The lowest BCUT2D eigenvalue weighted by Crippen LogP contribution is -2.32. The first-order valence-corrected chi connectivity index (χ1v) is 13.5. The Kier molecular flexibility index (Phi) is 8.01. The number of hydrogen-bond donors (Lipinski definition) is 1. The molecule has 0 aromatic heterocycles. The van der Waals surface area contributed by atoms with E-state index in [1.165, 1.54) is 0 Å². The number of thiocarbonyl (C=S) groups is 1. The van der Waals surface area contributed by atoms with Gasteiger partial charge in [0.15, 0.2) is 0 Å². The molecule has 7 heteroatoms. The quantitative estimate of drug-likeness (QED) is 0.136. The Morgan fingerprint density at radius 1 is 0.744 bits per heavy atom. The first kappa shape index (κ1) is 26.2. The van der Waals surface area contributed by atoms with Crippen LogP contribution in [0.4, 0.5) is 21.9 Å². The van der Waals surface area contributed by atoms with Crippen LogP contribution < -0.4 is 4.90 Å². The van der Waals surface area contributed by atoms with Crippen LogP contribution in [0.5, 0.6) is 0 Å². The second kappa shape index (κ2) is 11.9. The number of anilines is 3. The standard InChI is InChI=1S/C32H24N2O3S2/c35-30(36)22-33-31(38)29(39-32(33)37)21-25-15-13-23(14-16-25)11-12-24-17-19-28(20-18-24)34(26-7-3-1-4-8-26)27-9-5-2-6-10-27/h1-21H,22H2,(H,35,36)/b12-11+,29-21+. The van der Waals surface area contributed by atoms with E-state index >= 15 is 0 Å². The van der Waals surface area contributed by atoms with Crippen molar-refractivity contribution in [3.63, 3.8) is 0 Å². The summed E-state index contributed by atoms with van der Waals surface area (Å²) >= 11 is 6.25. The van der Waals surface area contributed by atoms with Crippen molar-refractivity contribution in [2.45, 2.75) is 0 Å². The molecule has 1 saturated heterocycles. The van der Waals surface area contributed by atoms with E-state index in [0.717, 1.165) is 50.4 Å². The molecule has 1 aliphatic rings. The summed E-state index contributed by atoms with van der Waals surface area (Å²) in [4.78, 5) is 27.2. The third-order valence-electron chi connectivity index (χ3n) is 6.05. The minimum atomic E-state index is -1.09. The molecule has 5 nitrogen and oxygen atoms in total. The number of carbonyl (C=O) groups is 2. The molecular weight excluding hydrogens is 524 g/mol. The van der Waals surface area contributed by atoms with Gasteiger partial charge in [0.05, 0.1) is 4.91 Å². The van der Waals surface area contributed by atoms with Crippen molar-refractivity contribution < 1.29 is 14.7 Å². The average molecular weight is 549 g/mol. The highest BCUT2D eigenvalue weighted by molar-refractivity contribution is 8.19. The predicted octanol–water partition coefficient (Wildman–Crippen LogP) is 8.25. The van der Waals surface area contributed by atoms with E-state index in [-0.39, 0.29) is 10.2 Å². The lowest BCUT2D eigenvalue weighted by atomic mass is 10.1. The van der Waals surface area contributed by atoms with E-state index in [4.69, 9.17) is 17.3 Å². The molecule has 1 N–H and O–H groups in total. The van der Waals surface area contributed by atoms with Gasteiger partial charge < -0.3 is 10.0 Å². The van der Waals surface area contributed by atoms with Crippen LogP contribution in [0.15, 0.2) is 114 Å². The van der Waals surface area contributed by atoms with Gasteiger partial charge in [0.25, 0.3) is 5.24 Å². The van der Waals surface area contributed by atoms with E-state index < -0.39 is 12.5 Å². The van der Waals surface area contributed by atoms with Gasteiger partial charge in [0.2, 0.25) is 0 Å². The smallest absolute Gasteiger partial charge is 0.323 e. The van der Waals surface area contributed by atoms with Crippen molar-refractivity contribution in [3.05, 3.63) is 131 Å². The second-order valence-corrected chi connectivity index (χ2v) is 10.1. The largest absolute Gasteiger partial charge is 0.480 e. The zero-order valence-corrected chi connectivity index (χ0v) is 22.4. The van der Waals surface area contributed by atoms with Crippen LogP contribution in [0.3, 0.4) is 0 Å². The van der Waals surface area contributed by atoms with Crippen molar-refractivity contribution in [2.24, 2.45) is 0 Å². The van der Waals surface area contributed by atoms with E-state index in [1.807, 2.05) is 72.8 Å². The van der Waals surface area contributed by atoms with Crippen LogP contribution in [0.1, 0.15) is 16.7 Å². The second-order valence-electron chi connectivity index (χ2n) is 8.76. The zero-order valence-electron chi connectivity index (χ0n) is 20.8. The molecule has 4 aromatic rings. The number of rotatable bonds is 8. The summed E-state index contributed by atoms with van der Waals surface area (Å²) in [6, 6.07) is 36.9. The molecule has 39 heavy (non-hydrogen) atoms. The van der Waals surface area contributed by atoms with E-state index in [2.05, 4.69) is 59.5 Å². The summed E-state index contributed by atoms with van der Waals surface area (Å²) in [6.45, 7) is -0.427. The minimum absolute atomic E-state index is 0.248. The SMILES string of the molecule is O=C(O)CN1C(=O)S/C(=C/c2ccc(/C=C/c3ccc(N(c4ccccc4)c4ccccc4)cc3)cc2)C1=S.